The average Bonchev–Trinajstić information content (AvgIpc) is 2.03. The van der Waals surface area contributed by atoms with Gasteiger partial charge in [-0.1, -0.05) is 6.08 Å². The Morgan fingerprint density at radius 3 is 2.07 bits per heavy atom. The molecule has 0 radical (unpaired) electrons. The van der Waals surface area contributed by atoms with Gasteiger partial charge in [0.25, 0.3) is 0 Å². The second-order valence-corrected chi connectivity index (χ2v) is 6.60. The summed E-state index contributed by atoms with van der Waals surface area (Å²) in [6.45, 7) is 15.4. The largest absolute Gasteiger partial charge is 0.277 e. The van der Waals surface area contributed by atoms with Gasteiger partial charge in [-0.05, 0) is 61.4 Å². The zero-order valence-corrected chi connectivity index (χ0v) is 11.3. The summed E-state index contributed by atoms with van der Waals surface area (Å²) in [5.74, 6) is 0. The predicted molar refractivity (Wildman–Crippen MR) is 69.3 cm³/mol. The lowest BCUT2D eigenvalue weighted by atomic mass is 10.3. The molecule has 1 unspecified atom stereocenters. The lowest BCUT2D eigenvalue weighted by Crippen LogP contribution is -2.32. The van der Waals surface area contributed by atoms with E-state index in [1.54, 1.807) is 0 Å². The summed E-state index contributed by atoms with van der Waals surface area (Å²) in [7, 11) is 0.0511. The molecule has 0 spiro atoms. The molecule has 0 aromatic carbocycles. The number of unbranched alkanes of at least 4 members (excludes halogenated alkanes) is 1. The molecule has 0 aliphatic carbocycles. The van der Waals surface area contributed by atoms with Crippen molar-refractivity contribution in [2.45, 2.75) is 52.6 Å². The van der Waals surface area contributed by atoms with Gasteiger partial charge in [-0.15, -0.1) is 6.58 Å². The van der Waals surface area contributed by atoms with Crippen molar-refractivity contribution in [1.82, 2.24) is 4.67 Å². The molecule has 0 rings (SSSR count). The van der Waals surface area contributed by atoms with Crippen molar-refractivity contribution in [3.63, 3.8) is 0 Å². The zero-order valence-electron chi connectivity index (χ0n) is 10.5. The van der Waals surface area contributed by atoms with Crippen LogP contribution in [0.15, 0.2) is 12.7 Å². The molecular weight excluding hydrogens is 189 g/mol. The van der Waals surface area contributed by atoms with E-state index in [2.05, 4.69) is 45.6 Å². The summed E-state index contributed by atoms with van der Waals surface area (Å²) < 4.78 is 2.65. The normalized spacial score (nSPS) is 14.0. The lowest BCUT2D eigenvalue weighted by Gasteiger charge is -2.36. The molecule has 0 aliphatic heterocycles. The van der Waals surface area contributed by atoms with Crippen LogP contribution in [0.3, 0.4) is 0 Å². The van der Waals surface area contributed by atoms with Crippen LogP contribution in [-0.4, -0.2) is 29.6 Å². The van der Waals surface area contributed by atoms with E-state index < -0.39 is 0 Å². The topological polar surface area (TPSA) is 3.24 Å². The van der Waals surface area contributed by atoms with Crippen LogP contribution < -0.4 is 0 Å². The van der Waals surface area contributed by atoms with Gasteiger partial charge < -0.3 is 0 Å². The molecule has 0 amide bonds. The van der Waals surface area contributed by atoms with Crippen LogP contribution in [0.1, 0.15) is 40.5 Å². The molecule has 84 valence electrons. The third kappa shape index (κ3) is 5.12. The summed E-state index contributed by atoms with van der Waals surface area (Å²) in [6.07, 6.45) is 5.83. The maximum atomic E-state index is 3.77. The number of nitrogens with zero attached hydrogens (tertiary/aromatic N) is 1. The van der Waals surface area contributed by atoms with Crippen molar-refractivity contribution in [3.8, 4) is 0 Å². The fourth-order valence-corrected chi connectivity index (χ4v) is 4.41. The smallest absolute Gasteiger partial charge is 0.00801 e. The Hall–Kier alpha value is 0.130. The molecule has 0 heterocycles. The minimum absolute atomic E-state index is 0.0511. The second kappa shape index (κ2) is 7.43. The maximum absolute atomic E-state index is 3.77. The first-order valence-corrected chi connectivity index (χ1v) is 7.53. The maximum Gasteiger partial charge on any atom is 0.00801 e. The Kier molecular flexibility index (Phi) is 7.49. The number of hydrogen-bond acceptors (Lipinski definition) is 1. The summed E-state index contributed by atoms with van der Waals surface area (Å²) in [6, 6.07) is 1.35. The van der Waals surface area contributed by atoms with Crippen molar-refractivity contribution in [2.75, 3.05) is 12.8 Å². The van der Waals surface area contributed by atoms with E-state index in [1.807, 2.05) is 6.08 Å². The van der Waals surface area contributed by atoms with E-state index >= 15 is 0 Å². The number of allylic oxidation sites excluding steroid dienone is 1. The number of hydrogen-bond donors (Lipinski definition) is 0. The first-order valence-electron chi connectivity index (χ1n) is 5.61. The van der Waals surface area contributed by atoms with Crippen molar-refractivity contribution in [3.05, 3.63) is 12.7 Å². The first-order chi connectivity index (χ1) is 6.50. The van der Waals surface area contributed by atoms with E-state index in [0.717, 1.165) is 6.42 Å². The van der Waals surface area contributed by atoms with E-state index in [9.17, 15) is 0 Å². The van der Waals surface area contributed by atoms with Gasteiger partial charge in [0.05, 0.1) is 0 Å². The summed E-state index contributed by atoms with van der Waals surface area (Å²) in [4.78, 5) is 0. The molecule has 0 aromatic heterocycles. The molecule has 1 atom stereocenters. The molecular formula is C12H26NP. The van der Waals surface area contributed by atoms with Gasteiger partial charge in [-0.2, -0.15) is 0 Å². The Morgan fingerprint density at radius 1 is 1.21 bits per heavy atom. The molecule has 0 saturated carbocycles. The van der Waals surface area contributed by atoms with Gasteiger partial charge in [0.1, 0.15) is 0 Å². The molecule has 1 nitrogen and oxygen atoms in total. The van der Waals surface area contributed by atoms with Crippen molar-refractivity contribution in [2.24, 2.45) is 0 Å². The SMILES string of the molecule is C=CCCCP(C)N(C(C)C)C(C)C. The predicted octanol–water partition coefficient (Wildman–Crippen LogP) is 4.10. The summed E-state index contributed by atoms with van der Waals surface area (Å²) in [5, 5.41) is 0. The standard InChI is InChI=1S/C12H26NP/c1-7-8-9-10-14(6)13(11(2)3)12(4)5/h7,11-12H,1,8-10H2,2-6H3. The van der Waals surface area contributed by atoms with Crippen LogP contribution in [0.2, 0.25) is 0 Å². The van der Waals surface area contributed by atoms with Gasteiger partial charge >= 0.3 is 0 Å². The van der Waals surface area contributed by atoms with Crippen molar-refractivity contribution < 1.29 is 0 Å². The van der Waals surface area contributed by atoms with Crippen LogP contribution >= 0.6 is 8.07 Å². The minimum Gasteiger partial charge on any atom is -0.277 e. The Morgan fingerprint density at radius 2 is 1.71 bits per heavy atom. The highest BCUT2D eigenvalue weighted by Gasteiger charge is 2.18. The monoisotopic (exact) mass is 215 g/mol. The molecule has 0 N–H and O–H groups in total. The molecule has 0 bridgehead atoms. The fourth-order valence-electron chi connectivity index (χ4n) is 1.96. The van der Waals surface area contributed by atoms with E-state index in [4.69, 9.17) is 0 Å². The first kappa shape index (κ1) is 14.1. The van der Waals surface area contributed by atoms with Gasteiger partial charge in [-0.25, -0.2) is 0 Å². The van der Waals surface area contributed by atoms with Gasteiger partial charge in [0, 0.05) is 12.1 Å². The second-order valence-electron chi connectivity index (χ2n) is 4.38. The summed E-state index contributed by atoms with van der Waals surface area (Å²) in [5.41, 5.74) is 0. The molecule has 0 aromatic rings. The molecule has 0 fully saturated rings. The minimum atomic E-state index is 0.0511. The Labute approximate surface area is 91.4 Å². The van der Waals surface area contributed by atoms with Crippen LogP contribution in [0.4, 0.5) is 0 Å². The van der Waals surface area contributed by atoms with Gasteiger partial charge in [0.2, 0.25) is 0 Å². The zero-order chi connectivity index (χ0) is 11.1. The quantitative estimate of drug-likeness (QED) is 0.351. The lowest BCUT2D eigenvalue weighted by molar-refractivity contribution is 0.323. The van der Waals surface area contributed by atoms with Gasteiger partial charge in [0.15, 0.2) is 0 Å². The molecule has 14 heavy (non-hydrogen) atoms. The van der Waals surface area contributed by atoms with Crippen LogP contribution in [0.5, 0.6) is 0 Å². The highest BCUT2D eigenvalue weighted by molar-refractivity contribution is 7.54. The third-order valence-electron chi connectivity index (χ3n) is 2.34. The third-order valence-corrected chi connectivity index (χ3v) is 5.02. The highest BCUT2D eigenvalue weighted by atomic mass is 31.1. The summed E-state index contributed by atoms with van der Waals surface area (Å²) >= 11 is 0. The number of rotatable bonds is 7. The van der Waals surface area contributed by atoms with Crippen LogP contribution in [-0.2, 0) is 0 Å². The Bertz CT molecular complexity index is 146. The van der Waals surface area contributed by atoms with Gasteiger partial charge in [-0.3, -0.25) is 4.67 Å². The van der Waals surface area contributed by atoms with Crippen molar-refractivity contribution >= 4 is 8.07 Å². The molecule has 2 heteroatoms. The van der Waals surface area contributed by atoms with Crippen LogP contribution in [0.25, 0.3) is 0 Å². The highest BCUT2D eigenvalue weighted by Crippen LogP contribution is 2.40. The molecule has 0 aliphatic rings. The van der Waals surface area contributed by atoms with E-state index in [0.29, 0.717) is 12.1 Å². The fraction of sp³-hybridized carbons (Fsp3) is 0.833. The molecule has 0 saturated heterocycles. The van der Waals surface area contributed by atoms with E-state index in [1.165, 1.54) is 12.6 Å². The van der Waals surface area contributed by atoms with E-state index in [-0.39, 0.29) is 8.07 Å². The van der Waals surface area contributed by atoms with Crippen molar-refractivity contribution in [1.29, 1.82) is 0 Å². The average molecular weight is 215 g/mol. The Balaban J connectivity index is 4.01. The van der Waals surface area contributed by atoms with Crippen LogP contribution in [0, 0.1) is 0 Å².